The molecular weight excluding hydrogens is 314 g/mol. The van der Waals surface area contributed by atoms with E-state index in [-0.39, 0.29) is 29.7 Å². The van der Waals surface area contributed by atoms with Gasteiger partial charge in [0.1, 0.15) is 0 Å². The molecule has 134 valence electrons. The minimum absolute atomic E-state index is 0.0249. The topological polar surface area (TPSA) is 43.8 Å². The average Bonchev–Trinajstić information content (AvgIpc) is 2.48. The second kappa shape index (κ2) is 8.03. The van der Waals surface area contributed by atoms with Gasteiger partial charge in [-0.05, 0) is 38.5 Å². The highest BCUT2D eigenvalue weighted by atomic mass is 19.2. The second-order valence-corrected chi connectivity index (χ2v) is 6.75. The molecule has 2 rings (SSSR count). The number of likely N-dealkylation sites (tertiary alicyclic amines) is 1. The summed E-state index contributed by atoms with van der Waals surface area (Å²) in [5.41, 5.74) is 0.160. The Hall–Kier alpha value is -1.53. The SMILES string of the molecule is CCC[C@@H](CN1CC(O)C1)N(C(=O)c1ccc(F)c(F)c1)C(C)C. The number of hydrogen-bond donors (Lipinski definition) is 1. The Morgan fingerprint density at radius 2 is 2.00 bits per heavy atom. The summed E-state index contributed by atoms with van der Waals surface area (Å²) in [6, 6.07) is 3.19. The Labute approximate surface area is 142 Å². The second-order valence-electron chi connectivity index (χ2n) is 6.75. The van der Waals surface area contributed by atoms with Crippen LogP contribution in [0, 0.1) is 11.6 Å². The molecule has 1 amide bonds. The Morgan fingerprint density at radius 3 is 2.50 bits per heavy atom. The van der Waals surface area contributed by atoms with Gasteiger partial charge in [-0.1, -0.05) is 13.3 Å². The number of carbonyl (C=O) groups excluding carboxylic acids is 1. The summed E-state index contributed by atoms with van der Waals surface area (Å²) in [4.78, 5) is 16.7. The number of benzene rings is 1. The van der Waals surface area contributed by atoms with Crippen LogP contribution in [0.4, 0.5) is 8.78 Å². The van der Waals surface area contributed by atoms with Crippen molar-refractivity contribution in [1.29, 1.82) is 0 Å². The molecule has 1 fully saturated rings. The van der Waals surface area contributed by atoms with E-state index in [1.165, 1.54) is 6.07 Å². The van der Waals surface area contributed by atoms with Gasteiger partial charge in [-0.15, -0.1) is 0 Å². The average molecular weight is 340 g/mol. The monoisotopic (exact) mass is 340 g/mol. The molecule has 4 nitrogen and oxygen atoms in total. The first kappa shape index (κ1) is 18.8. The van der Waals surface area contributed by atoms with E-state index >= 15 is 0 Å². The predicted molar refractivity (Wildman–Crippen MR) is 88.8 cm³/mol. The highest BCUT2D eigenvalue weighted by molar-refractivity contribution is 5.94. The Kier molecular flexibility index (Phi) is 6.29. The molecule has 1 aliphatic heterocycles. The largest absolute Gasteiger partial charge is 0.390 e. The first-order valence-electron chi connectivity index (χ1n) is 8.51. The molecule has 0 aliphatic carbocycles. The van der Waals surface area contributed by atoms with Gasteiger partial charge in [0, 0.05) is 37.3 Å². The van der Waals surface area contributed by atoms with E-state index in [2.05, 4.69) is 11.8 Å². The highest BCUT2D eigenvalue weighted by Gasteiger charge is 2.32. The predicted octanol–water partition coefficient (Wildman–Crippen LogP) is 2.66. The van der Waals surface area contributed by atoms with Crippen molar-refractivity contribution in [2.75, 3.05) is 19.6 Å². The van der Waals surface area contributed by atoms with Crippen molar-refractivity contribution in [2.45, 2.75) is 51.8 Å². The van der Waals surface area contributed by atoms with Crippen LogP contribution < -0.4 is 0 Å². The zero-order valence-corrected chi connectivity index (χ0v) is 14.5. The maximum atomic E-state index is 13.5. The zero-order valence-electron chi connectivity index (χ0n) is 14.5. The molecule has 0 saturated carbocycles. The lowest BCUT2D eigenvalue weighted by atomic mass is 10.0. The number of amides is 1. The number of hydrogen-bond acceptors (Lipinski definition) is 3. The van der Waals surface area contributed by atoms with E-state index < -0.39 is 11.6 Å². The Bertz CT molecular complexity index is 574. The minimum atomic E-state index is -1.01. The number of nitrogens with zero attached hydrogens (tertiary/aromatic N) is 2. The summed E-state index contributed by atoms with van der Waals surface area (Å²) >= 11 is 0. The van der Waals surface area contributed by atoms with Gasteiger partial charge in [0.05, 0.1) is 6.10 Å². The van der Waals surface area contributed by atoms with Crippen molar-refractivity contribution in [3.8, 4) is 0 Å². The van der Waals surface area contributed by atoms with Gasteiger partial charge in [0.25, 0.3) is 5.91 Å². The normalized spacial score (nSPS) is 17.0. The van der Waals surface area contributed by atoms with Crippen LogP contribution in [0.5, 0.6) is 0 Å². The van der Waals surface area contributed by atoms with Crippen molar-refractivity contribution >= 4 is 5.91 Å². The molecular formula is C18H26F2N2O2. The molecule has 0 radical (unpaired) electrons. The van der Waals surface area contributed by atoms with Crippen molar-refractivity contribution in [3.63, 3.8) is 0 Å². The van der Waals surface area contributed by atoms with Crippen molar-refractivity contribution in [2.24, 2.45) is 0 Å². The van der Waals surface area contributed by atoms with E-state index in [1.54, 1.807) is 4.90 Å². The van der Waals surface area contributed by atoms with Gasteiger partial charge in [-0.3, -0.25) is 9.69 Å². The van der Waals surface area contributed by atoms with Gasteiger partial charge in [0.15, 0.2) is 11.6 Å². The molecule has 0 bridgehead atoms. The molecule has 1 atom stereocenters. The number of halogens is 2. The van der Waals surface area contributed by atoms with Crippen molar-refractivity contribution in [3.05, 3.63) is 35.4 Å². The van der Waals surface area contributed by atoms with Gasteiger partial charge in [-0.2, -0.15) is 0 Å². The highest BCUT2D eigenvalue weighted by Crippen LogP contribution is 2.20. The number of aliphatic hydroxyl groups excluding tert-OH is 1. The molecule has 1 aromatic carbocycles. The van der Waals surface area contributed by atoms with Gasteiger partial charge in [-0.25, -0.2) is 8.78 Å². The van der Waals surface area contributed by atoms with Crippen LogP contribution >= 0.6 is 0 Å². The van der Waals surface area contributed by atoms with Crippen LogP contribution in [-0.4, -0.2) is 58.6 Å². The van der Waals surface area contributed by atoms with E-state index in [4.69, 9.17) is 0 Å². The maximum Gasteiger partial charge on any atom is 0.254 e. The van der Waals surface area contributed by atoms with Crippen LogP contribution in [-0.2, 0) is 0 Å². The third-order valence-electron chi connectivity index (χ3n) is 4.38. The lowest BCUT2D eigenvalue weighted by molar-refractivity contribution is -0.0160. The summed E-state index contributed by atoms with van der Waals surface area (Å²) < 4.78 is 26.6. The molecule has 0 aromatic heterocycles. The molecule has 1 aromatic rings. The number of β-amino-alcohol motifs (C(OH)–C–C–N with tert-alkyl or cyclic N) is 1. The van der Waals surface area contributed by atoms with Crippen LogP contribution in [0.3, 0.4) is 0 Å². The molecule has 1 N–H and O–H groups in total. The summed E-state index contributed by atoms with van der Waals surface area (Å²) in [5.74, 6) is -2.26. The fourth-order valence-electron chi connectivity index (χ4n) is 3.24. The molecule has 24 heavy (non-hydrogen) atoms. The summed E-state index contributed by atoms with van der Waals surface area (Å²) in [7, 11) is 0. The maximum absolute atomic E-state index is 13.5. The molecule has 1 heterocycles. The van der Waals surface area contributed by atoms with Crippen LogP contribution in [0.1, 0.15) is 44.0 Å². The van der Waals surface area contributed by atoms with Gasteiger partial charge in [0.2, 0.25) is 0 Å². The fourth-order valence-corrected chi connectivity index (χ4v) is 3.24. The minimum Gasteiger partial charge on any atom is -0.390 e. The van der Waals surface area contributed by atoms with Crippen LogP contribution in [0.15, 0.2) is 18.2 Å². The van der Waals surface area contributed by atoms with Crippen molar-refractivity contribution in [1.82, 2.24) is 9.80 Å². The lowest BCUT2D eigenvalue weighted by Crippen LogP contribution is -2.57. The first-order valence-corrected chi connectivity index (χ1v) is 8.51. The summed E-state index contributed by atoms with van der Waals surface area (Å²) in [6.45, 7) is 7.81. The molecule has 0 spiro atoms. The van der Waals surface area contributed by atoms with Crippen LogP contribution in [0.25, 0.3) is 0 Å². The fraction of sp³-hybridized carbons (Fsp3) is 0.611. The number of rotatable bonds is 7. The Balaban J connectivity index is 2.20. The zero-order chi connectivity index (χ0) is 17.9. The number of carbonyl (C=O) groups is 1. The first-order chi connectivity index (χ1) is 11.3. The van der Waals surface area contributed by atoms with Crippen molar-refractivity contribution < 1.29 is 18.7 Å². The third-order valence-corrected chi connectivity index (χ3v) is 4.38. The Morgan fingerprint density at radius 1 is 1.33 bits per heavy atom. The number of aliphatic hydroxyl groups is 1. The quantitative estimate of drug-likeness (QED) is 0.830. The van der Waals surface area contributed by atoms with E-state index in [0.29, 0.717) is 19.6 Å². The van der Waals surface area contributed by atoms with E-state index in [9.17, 15) is 18.7 Å². The summed E-state index contributed by atoms with van der Waals surface area (Å²) in [6.07, 6.45) is 1.44. The standard InChI is InChI=1S/C18H26F2N2O2/c1-4-5-14(9-21-10-15(23)11-21)22(12(2)3)18(24)13-6-7-16(19)17(20)8-13/h6-8,12,14-15,23H,4-5,9-11H2,1-3H3/t14-/m0/s1. The molecule has 0 unspecified atom stereocenters. The lowest BCUT2D eigenvalue weighted by Gasteiger charge is -2.43. The smallest absolute Gasteiger partial charge is 0.254 e. The van der Waals surface area contributed by atoms with Crippen LogP contribution in [0.2, 0.25) is 0 Å². The van der Waals surface area contributed by atoms with E-state index in [1.807, 2.05) is 13.8 Å². The third kappa shape index (κ3) is 4.30. The molecule has 1 aliphatic rings. The van der Waals surface area contributed by atoms with Gasteiger partial charge >= 0.3 is 0 Å². The molecule has 1 saturated heterocycles. The summed E-state index contributed by atoms with van der Waals surface area (Å²) in [5, 5.41) is 9.45. The van der Waals surface area contributed by atoms with E-state index in [0.717, 1.165) is 25.0 Å². The van der Waals surface area contributed by atoms with Gasteiger partial charge < -0.3 is 10.0 Å². The molecule has 6 heteroatoms.